The van der Waals surface area contributed by atoms with Gasteiger partial charge in [-0.15, -0.1) is 0 Å². The van der Waals surface area contributed by atoms with Gasteiger partial charge < -0.3 is 10.6 Å². The summed E-state index contributed by atoms with van der Waals surface area (Å²) in [6, 6.07) is 6.01. The van der Waals surface area contributed by atoms with Gasteiger partial charge in [-0.2, -0.15) is 0 Å². The highest BCUT2D eigenvalue weighted by Crippen LogP contribution is 2.20. The van der Waals surface area contributed by atoms with E-state index in [0.29, 0.717) is 13.1 Å². The maximum Gasteiger partial charge on any atom is 0.361 e. The first-order chi connectivity index (χ1) is 29.7. The van der Waals surface area contributed by atoms with E-state index < -0.39 is 0 Å². The Kier molecular flexibility index (Phi) is 25.2. The van der Waals surface area contributed by atoms with E-state index in [1.165, 1.54) is 151 Å². The standard InChI is InChI=1S/C49H82N8O2S2/c1-41-38-44-50-32-26-20-14-8-6-7-9-15-21-27-33-51-45-39-42(2)55(5)48(53-45)61-37-31-25-19-13-11-17-23-29-35-57-46(58)40-43(3)56(49(57)59)34-28-22-16-10-12-18-24-30-36-60-47(52-44)54(41)4/h38-40H,6-37H2,1-5H3/p+2. The van der Waals surface area contributed by atoms with E-state index in [0.717, 1.165) is 84.3 Å². The SMILES string of the molecule is Cc1cc(=O)n2c(=O)n1CCCCCCCCCCSc1nc(cc(C)[n+]1C)NCCCCCCCCCCCCNc1cc(C)[n+](C)c(n1)SCCCCCCCCCC2. The molecule has 0 saturated heterocycles. The largest absolute Gasteiger partial charge is 0.361 e. The minimum Gasteiger partial charge on any atom is -0.349 e. The van der Waals surface area contributed by atoms with Gasteiger partial charge in [-0.25, -0.2) is 13.9 Å². The Labute approximate surface area is 378 Å². The van der Waals surface area contributed by atoms with Crippen LogP contribution in [0.5, 0.6) is 0 Å². The lowest BCUT2D eigenvalue weighted by molar-refractivity contribution is -0.718. The summed E-state index contributed by atoms with van der Waals surface area (Å²) < 4.78 is 7.74. The van der Waals surface area contributed by atoms with Gasteiger partial charge in [0.05, 0.1) is 14.1 Å². The molecule has 3 aromatic rings. The highest BCUT2D eigenvalue weighted by atomic mass is 32.2. The molecule has 61 heavy (non-hydrogen) atoms. The molecule has 2 N–H and O–H groups in total. The van der Waals surface area contributed by atoms with Crippen LogP contribution >= 0.6 is 23.5 Å². The summed E-state index contributed by atoms with van der Waals surface area (Å²) in [6.45, 7) is 9.44. The summed E-state index contributed by atoms with van der Waals surface area (Å²) in [5, 5.41) is 9.42. The molecule has 1 aliphatic rings. The number of nitrogens with one attached hydrogen (secondary N) is 2. The van der Waals surface area contributed by atoms with E-state index in [-0.39, 0.29) is 11.2 Å². The minimum absolute atomic E-state index is 0.128. The van der Waals surface area contributed by atoms with Crippen molar-refractivity contribution in [1.29, 1.82) is 0 Å². The lowest BCUT2D eigenvalue weighted by atomic mass is 10.1. The Bertz CT molecular complexity index is 1810. The van der Waals surface area contributed by atoms with Gasteiger partial charge in [-0.1, -0.05) is 128 Å². The van der Waals surface area contributed by atoms with Crippen LogP contribution in [0.1, 0.15) is 184 Å². The van der Waals surface area contributed by atoms with E-state index in [1.807, 2.05) is 35.0 Å². The van der Waals surface area contributed by atoms with Crippen LogP contribution in [0.25, 0.3) is 0 Å². The van der Waals surface area contributed by atoms with Crippen LogP contribution in [0.2, 0.25) is 0 Å². The van der Waals surface area contributed by atoms with Crippen molar-refractivity contribution >= 4 is 35.2 Å². The number of hydrogen-bond acceptors (Lipinski definition) is 8. The number of fused-ring (bicyclic) bond motifs is 6. The van der Waals surface area contributed by atoms with Gasteiger partial charge in [0.2, 0.25) is 11.6 Å². The number of nitrogens with zero attached hydrogens (tertiary/aromatic N) is 6. The van der Waals surface area contributed by atoms with Crippen molar-refractivity contribution in [2.45, 2.75) is 211 Å². The van der Waals surface area contributed by atoms with Crippen molar-refractivity contribution < 1.29 is 9.13 Å². The van der Waals surface area contributed by atoms with E-state index in [2.05, 4.69) is 59.8 Å². The van der Waals surface area contributed by atoms with Gasteiger partial charge in [0.15, 0.2) is 0 Å². The summed E-state index contributed by atoms with van der Waals surface area (Å²) >= 11 is 3.76. The Morgan fingerprint density at radius 3 is 1.23 bits per heavy atom. The Hall–Kier alpha value is -2.86. The summed E-state index contributed by atoms with van der Waals surface area (Å²) in [5.74, 6) is 4.21. The van der Waals surface area contributed by atoms with Gasteiger partial charge in [0.1, 0.15) is 11.4 Å². The van der Waals surface area contributed by atoms with Crippen LogP contribution in [0.15, 0.2) is 38.1 Å². The van der Waals surface area contributed by atoms with Gasteiger partial charge in [0, 0.05) is 61.6 Å². The molecule has 6 bridgehead atoms. The topological polar surface area (TPSA) is 102 Å². The van der Waals surface area contributed by atoms with E-state index in [4.69, 9.17) is 9.97 Å². The van der Waals surface area contributed by atoms with Crippen LogP contribution < -0.4 is 31.0 Å². The third-order valence-electron chi connectivity index (χ3n) is 12.5. The molecule has 0 spiro atoms. The predicted octanol–water partition coefficient (Wildman–Crippen LogP) is 10.9. The van der Waals surface area contributed by atoms with E-state index in [9.17, 15) is 9.59 Å². The van der Waals surface area contributed by atoms with Crippen LogP contribution in [0.3, 0.4) is 0 Å². The molecule has 0 unspecified atom stereocenters. The number of aryl methyl sites for hydroxylation is 3. The molecule has 0 saturated carbocycles. The molecule has 0 radical (unpaired) electrons. The first-order valence-electron chi connectivity index (χ1n) is 24.5. The molecular formula is C49H84N8O2S2+2. The smallest absolute Gasteiger partial charge is 0.349 e. The average molecular weight is 881 g/mol. The van der Waals surface area contributed by atoms with Crippen molar-refractivity contribution in [2.75, 3.05) is 35.2 Å². The van der Waals surface area contributed by atoms with Crippen LogP contribution in [-0.4, -0.2) is 43.7 Å². The van der Waals surface area contributed by atoms with Gasteiger partial charge >= 0.3 is 16.0 Å². The van der Waals surface area contributed by atoms with Crippen LogP contribution in [0.4, 0.5) is 11.6 Å². The quantitative estimate of drug-likeness (QED) is 0.170. The fourth-order valence-corrected chi connectivity index (χ4v) is 10.3. The monoisotopic (exact) mass is 881 g/mol. The number of hydrogen-bond donors (Lipinski definition) is 2. The molecule has 4 heterocycles. The average Bonchev–Trinajstić information content (AvgIpc) is 3.23. The molecule has 12 heteroatoms. The van der Waals surface area contributed by atoms with E-state index >= 15 is 0 Å². The summed E-state index contributed by atoms with van der Waals surface area (Å²) in [5.41, 5.74) is 2.98. The Morgan fingerprint density at radius 1 is 0.475 bits per heavy atom. The minimum atomic E-state index is -0.153. The summed E-state index contributed by atoms with van der Waals surface area (Å²) in [7, 11) is 4.26. The zero-order valence-corrected chi connectivity index (χ0v) is 40.8. The molecule has 0 aromatic carbocycles. The second-order valence-electron chi connectivity index (χ2n) is 17.7. The van der Waals surface area contributed by atoms with Crippen molar-refractivity contribution in [3.63, 3.8) is 0 Å². The number of aromatic nitrogens is 6. The summed E-state index contributed by atoms with van der Waals surface area (Å²) in [6.07, 6.45) is 31.8. The normalized spacial score (nSPS) is 18.7. The van der Waals surface area contributed by atoms with Crippen LogP contribution in [-0.2, 0) is 27.2 Å². The molecule has 1 aliphatic heterocycles. The molecule has 342 valence electrons. The predicted molar refractivity (Wildman–Crippen MR) is 258 cm³/mol. The molecule has 4 rings (SSSR count). The number of anilines is 2. The Morgan fingerprint density at radius 2 is 0.820 bits per heavy atom. The second-order valence-corrected chi connectivity index (χ2v) is 19.8. The van der Waals surface area contributed by atoms with Gasteiger partial charge in [-0.05, 0) is 92.8 Å². The van der Waals surface area contributed by atoms with Crippen molar-refractivity contribution in [3.05, 3.63) is 56.1 Å². The first-order valence-corrected chi connectivity index (χ1v) is 26.5. The molecule has 10 nitrogen and oxygen atoms in total. The molecule has 0 aliphatic carbocycles. The zero-order chi connectivity index (χ0) is 43.5. The van der Waals surface area contributed by atoms with E-state index in [1.54, 1.807) is 6.07 Å². The molecular weight excluding hydrogens is 797 g/mol. The maximum atomic E-state index is 13.3. The first kappa shape index (κ1) is 50.8. The fraction of sp³-hybridized carbons (Fsp3) is 0.755. The molecule has 0 fully saturated rings. The highest BCUT2D eigenvalue weighted by molar-refractivity contribution is 7.99. The van der Waals surface area contributed by atoms with Crippen molar-refractivity contribution in [2.24, 2.45) is 14.1 Å². The number of rotatable bonds is 0. The van der Waals surface area contributed by atoms with Gasteiger partial charge in [-0.3, -0.25) is 13.9 Å². The maximum absolute atomic E-state index is 13.3. The third kappa shape index (κ3) is 19.6. The Balaban J connectivity index is 1.21. The lowest BCUT2D eigenvalue weighted by Crippen LogP contribution is -2.40. The van der Waals surface area contributed by atoms with Gasteiger partial charge in [0.25, 0.3) is 5.56 Å². The third-order valence-corrected chi connectivity index (χ3v) is 14.7. The zero-order valence-electron chi connectivity index (χ0n) is 39.2. The second kappa shape index (κ2) is 30.3. The lowest BCUT2D eigenvalue weighted by Gasteiger charge is -2.13. The molecule has 3 aromatic heterocycles. The fourth-order valence-electron chi connectivity index (χ4n) is 8.24. The van der Waals surface area contributed by atoms with Crippen molar-refractivity contribution in [3.8, 4) is 0 Å². The highest BCUT2D eigenvalue weighted by Gasteiger charge is 2.17. The van der Waals surface area contributed by atoms with Crippen LogP contribution in [0, 0.1) is 20.8 Å². The van der Waals surface area contributed by atoms with Crippen molar-refractivity contribution in [1.82, 2.24) is 19.1 Å². The molecule has 0 atom stereocenters. The summed E-state index contributed by atoms with van der Waals surface area (Å²) in [4.78, 5) is 36.0. The number of thioether (sulfide) groups is 2. The molecule has 0 amide bonds.